The van der Waals surface area contributed by atoms with E-state index in [4.69, 9.17) is 14.2 Å². The fraction of sp³-hybridized carbons (Fsp3) is 0.321. The van der Waals surface area contributed by atoms with E-state index in [1.54, 1.807) is 6.92 Å². The monoisotopic (exact) mass is 445 g/mol. The van der Waals surface area contributed by atoms with Gasteiger partial charge >= 0.3 is 0 Å². The molecule has 172 valence electrons. The van der Waals surface area contributed by atoms with Crippen molar-refractivity contribution < 1.29 is 19.0 Å². The van der Waals surface area contributed by atoms with Crippen LogP contribution >= 0.6 is 0 Å². The molecule has 0 saturated carbocycles. The number of carbonyl (C=O) groups excluding carboxylic acids is 1. The number of rotatable bonds is 9. The fourth-order valence-electron chi connectivity index (χ4n) is 4.14. The van der Waals surface area contributed by atoms with Crippen LogP contribution in [0, 0.1) is 0 Å². The van der Waals surface area contributed by atoms with Crippen LogP contribution in [0.1, 0.15) is 49.8 Å². The van der Waals surface area contributed by atoms with Crippen molar-refractivity contribution in [3.8, 4) is 17.2 Å². The molecule has 1 atom stereocenters. The second kappa shape index (κ2) is 10.4. The maximum Gasteiger partial charge on any atom is 0.231 e. The van der Waals surface area contributed by atoms with Crippen LogP contribution in [-0.2, 0) is 11.3 Å². The molecule has 1 aliphatic heterocycles. The standard InChI is InChI=1S/C28H31NO4/c1-20(2)33-25-12-9-22(10-13-25)18-29(21(3)30)16-15-26(23-7-5-4-6-8-23)24-11-14-27-28(17-24)32-19-31-27/h4-14,17,20,26H,15-16,18-19H2,1-3H3/t26-/m1/s1. The van der Waals surface area contributed by atoms with E-state index in [0.29, 0.717) is 13.1 Å². The molecule has 0 unspecified atom stereocenters. The summed E-state index contributed by atoms with van der Waals surface area (Å²) in [5.41, 5.74) is 3.46. The predicted octanol–water partition coefficient (Wildman–Crippen LogP) is 5.77. The molecule has 4 rings (SSSR count). The third kappa shape index (κ3) is 5.86. The fourth-order valence-corrected chi connectivity index (χ4v) is 4.14. The van der Waals surface area contributed by atoms with Gasteiger partial charge in [0.05, 0.1) is 6.10 Å². The summed E-state index contributed by atoms with van der Waals surface area (Å²) in [6.07, 6.45) is 0.938. The average Bonchev–Trinajstić information content (AvgIpc) is 3.28. The highest BCUT2D eigenvalue weighted by molar-refractivity contribution is 5.73. The first-order valence-corrected chi connectivity index (χ1v) is 11.4. The number of fused-ring (bicyclic) bond motifs is 1. The molecule has 1 amide bonds. The lowest BCUT2D eigenvalue weighted by Gasteiger charge is -2.25. The molecule has 3 aromatic rings. The number of hydrogen-bond acceptors (Lipinski definition) is 4. The molecule has 0 fully saturated rings. The summed E-state index contributed by atoms with van der Waals surface area (Å²) < 4.78 is 16.8. The van der Waals surface area contributed by atoms with E-state index in [2.05, 4.69) is 36.4 Å². The Balaban J connectivity index is 1.50. The normalized spacial score (nSPS) is 13.1. The largest absolute Gasteiger partial charge is 0.491 e. The lowest BCUT2D eigenvalue weighted by Crippen LogP contribution is -2.30. The zero-order valence-electron chi connectivity index (χ0n) is 19.5. The van der Waals surface area contributed by atoms with Gasteiger partial charge in [-0.1, -0.05) is 48.5 Å². The Morgan fingerprint density at radius 3 is 2.36 bits per heavy atom. The minimum atomic E-state index is 0.0648. The van der Waals surface area contributed by atoms with Crippen LogP contribution in [0.5, 0.6) is 17.2 Å². The maximum absolute atomic E-state index is 12.5. The summed E-state index contributed by atoms with van der Waals surface area (Å²) in [7, 11) is 0. The lowest BCUT2D eigenvalue weighted by molar-refractivity contribution is -0.129. The molecule has 33 heavy (non-hydrogen) atoms. The van der Waals surface area contributed by atoms with Gasteiger partial charge in [0.15, 0.2) is 11.5 Å². The molecule has 1 heterocycles. The second-order valence-electron chi connectivity index (χ2n) is 8.62. The Kier molecular flexibility index (Phi) is 7.18. The van der Waals surface area contributed by atoms with Crippen LogP contribution < -0.4 is 14.2 Å². The van der Waals surface area contributed by atoms with E-state index in [9.17, 15) is 4.79 Å². The molecule has 0 N–H and O–H groups in total. The second-order valence-corrected chi connectivity index (χ2v) is 8.62. The molecule has 0 radical (unpaired) electrons. The molecule has 5 nitrogen and oxygen atoms in total. The van der Waals surface area contributed by atoms with E-state index in [0.717, 1.165) is 34.8 Å². The third-order valence-corrected chi connectivity index (χ3v) is 5.80. The molecule has 0 bridgehead atoms. The van der Waals surface area contributed by atoms with Crippen molar-refractivity contribution in [2.75, 3.05) is 13.3 Å². The molecule has 0 spiro atoms. The smallest absolute Gasteiger partial charge is 0.231 e. The summed E-state index contributed by atoms with van der Waals surface area (Å²) in [4.78, 5) is 14.4. The molecule has 1 aliphatic rings. The molecule has 0 aliphatic carbocycles. The Morgan fingerprint density at radius 1 is 0.939 bits per heavy atom. The summed E-state index contributed by atoms with van der Waals surface area (Å²) in [6.45, 7) is 7.12. The number of benzene rings is 3. The first kappa shape index (κ1) is 22.7. The summed E-state index contributed by atoms with van der Waals surface area (Å²) >= 11 is 0. The van der Waals surface area contributed by atoms with Gasteiger partial charge in [-0.15, -0.1) is 0 Å². The SMILES string of the molecule is CC(=O)N(CC[C@H](c1ccccc1)c1ccc2c(c1)OCO2)Cc1ccc(OC(C)C)cc1. The predicted molar refractivity (Wildman–Crippen MR) is 129 cm³/mol. The zero-order chi connectivity index (χ0) is 23.2. The van der Waals surface area contributed by atoms with E-state index >= 15 is 0 Å². The van der Waals surface area contributed by atoms with Crippen LogP contribution in [0.2, 0.25) is 0 Å². The van der Waals surface area contributed by atoms with Gasteiger partial charge in [0, 0.05) is 25.9 Å². The Hall–Kier alpha value is -3.47. The van der Waals surface area contributed by atoms with Crippen molar-refractivity contribution in [3.05, 3.63) is 89.5 Å². The van der Waals surface area contributed by atoms with Gasteiger partial charge in [0.1, 0.15) is 5.75 Å². The third-order valence-electron chi connectivity index (χ3n) is 5.80. The number of hydrogen-bond donors (Lipinski definition) is 0. The highest BCUT2D eigenvalue weighted by Gasteiger charge is 2.21. The molecular formula is C28H31NO4. The summed E-state index contributed by atoms with van der Waals surface area (Å²) in [5, 5.41) is 0. The number of nitrogens with zero attached hydrogens (tertiary/aromatic N) is 1. The van der Waals surface area contributed by atoms with Gasteiger partial charge in [-0.25, -0.2) is 0 Å². The number of amides is 1. The van der Waals surface area contributed by atoms with Gasteiger partial charge in [-0.05, 0) is 61.2 Å². The minimum absolute atomic E-state index is 0.0648. The molecule has 3 aromatic carbocycles. The quantitative estimate of drug-likeness (QED) is 0.419. The van der Waals surface area contributed by atoms with Crippen LogP contribution in [0.4, 0.5) is 0 Å². The van der Waals surface area contributed by atoms with E-state index in [-0.39, 0.29) is 24.7 Å². The highest BCUT2D eigenvalue weighted by Crippen LogP contribution is 2.37. The van der Waals surface area contributed by atoms with E-state index in [1.165, 1.54) is 5.56 Å². The van der Waals surface area contributed by atoms with Gasteiger partial charge < -0.3 is 19.1 Å². The van der Waals surface area contributed by atoms with Crippen molar-refractivity contribution in [1.82, 2.24) is 4.90 Å². The van der Waals surface area contributed by atoms with Crippen molar-refractivity contribution in [2.24, 2.45) is 0 Å². The molecule has 0 saturated heterocycles. The number of ether oxygens (including phenoxy) is 3. The first-order chi connectivity index (χ1) is 16.0. The van der Waals surface area contributed by atoms with Crippen molar-refractivity contribution in [2.45, 2.75) is 45.8 Å². The van der Waals surface area contributed by atoms with Crippen LogP contribution in [0.25, 0.3) is 0 Å². The Bertz CT molecular complexity index is 1060. The summed E-state index contributed by atoms with van der Waals surface area (Å²) in [6, 6.07) is 24.5. The van der Waals surface area contributed by atoms with Crippen molar-refractivity contribution >= 4 is 5.91 Å². The van der Waals surface area contributed by atoms with E-state index in [1.807, 2.05) is 55.1 Å². The topological polar surface area (TPSA) is 48.0 Å². The van der Waals surface area contributed by atoms with Crippen LogP contribution in [0.3, 0.4) is 0 Å². The summed E-state index contributed by atoms with van der Waals surface area (Å²) in [5.74, 6) is 2.61. The maximum atomic E-state index is 12.5. The van der Waals surface area contributed by atoms with Gasteiger partial charge in [-0.2, -0.15) is 0 Å². The van der Waals surface area contributed by atoms with Crippen molar-refractivity contribution in [3.63, 3.8) is 0 Å². The molecular weight excluding hydrogens is 414 g/mol. The Morgan fingerprint density at radius 2 is 1.67 bits per heavy atom. The lowest BCUT2D eigenvalue weighted by atomic mass is 9.88. The van der Waals surface area contributed by atoms with Crippen LogP contribution in [-0.4, -0.2) is 30.2 Å². The Labute approximate surface area is 195 Å². The van der Waals surface area contributed by atoms with Crippen molar-refractivity contribution in [1.29, 1.82) is 0 Å². The van der Waals surface area contributed by atoms with Gasteiger partial charge in [0.25, 0.3) is 0 Å². The van der Waals surface area contributed by atoms with Gasteiger partial charge in [-0.3, -0.25) is 4.79 Å². The highest BCUT2D eigenvalue weighted by atomic mass is 16.7. The molecule has 0 aromatic heterocycles. The zero-order valence-corrected chi connectivity index (χ0v) is 19.5. The first-order valence-electron chi connectivity index (χ1n) is 11.4. The average molecular weight is 446 g/mol. The van der Waals surface area contributed by atoms with Gasteiger partial charge in [0.2, 0.25) is 12.7 Å². The minimum Gasteiger partial charge on any atom is -0.491 e. The van der Waals surface area contributed by atoms with Crippen LogP contribution in [0.15, 0.2) is 72.8 Å². The molecule has 5 heteroatoms. The van der Waals surface area contributed by atoms with E-state index < -0.39 is 0 Å². The number of carbonyl (C=O) groups is 1.